The van der Waals surface area contributed by atoms with Crippen LogP contribution in [0.1, 0.15) is 5.69 Å². The van der Waals surface area contributed by atoms with Gasteiger partial charge in [-0.05, 0) is 0 Å². The Bertz CT molecular complexity index is 252. The molecule has 1 aromatic rings. The first-order chi connectivity index (χ1) is 5.27. The summed E-state index contributed by atoms with van der Waals surface area (Å²) in [4.78, 5) is 3.71. The Labute approximate surface area is 63.5 Å². The number of methoxy groups -OCH3 is 1. The molecule has 0 radical (unpaired) electrons. The average Bonchev–Trinajstić information content (AvgIpc) is 2.04. The van der Waals surface area contributed by atoms with Crippen molar-refractivity contribution in [3.63, 3.8) is 0 Å². The molecule has 0 atom stereocenters. The van der Waals surface area contributed by atoms with E-state index in [1.807, 2.05) is 0 Å². The average molecular weight is 157 g/mol. The molecule has 0 saturated carbocycles. The van der Waals surface area contributed by atoms with Crippen LogP contribution in [0.4, 0.5) is 4.39 Å². The molecule has 4 heteroatoms. The minimum Gasteiger partial charge on any atom is -0.492 e. The third-order valence-corrected chi connectivity index (χ3v) is 1.26. The van der Waals surface area contributed by atoms with E-state index in [2.05, 4.69) is 9.72 Å². The predicted octanol–water partition coefficient (Wildman–Crippen LogP) is 0.722. The molecule has 0 saturated heterocycles. The highest BCUT2D eigenvalue weighted by Gasteiger charge is 2.02. The van der Waals surface area contributed by atoms with Crippen molar-refractivity contribution in [2.75, 3.05) is 7.11 Å². The number of halogens is 1. The van der Waals surface area contributed by atoms with E-state index in [1.54, 1.807) is 0 Å². The normalized spacial score (nSPS) is 9.73. The second-order valence-electron chi connectivity index (χ2n) is 1.97. The number of nitrogens with zero attached hydrogens (tertiary/aromatic N) is 1. The summed E-state index contributed by atoms with van der Waals surface area (Å²) in [6.07, 6.45) is 1.24. The molecule has 60 valence electrons. The monoisotopic (exact) mass is 157 g/mol. The third kappa shape index (κ3) is 1.65. The maximum absolute atomic E-state index is 12.8. The SMILES string of the molecule is COc1cnc(CO)cc1F. The van der Waals surface area contributed by atoms with E-state index in [9.17, 15) is 4.39 Å². The van der Waals surface area contributed by atoms with E-state index in [0.717, 1.165) is 6.07 Å². The van der Waals surface area contributed by atoms with Crippen LogP contribution in [0.5, 0.6) is 5.75 Å². The molecule has 0 bridgehead atoms. The van der Waals surface area contributed by atoms with E-state index >= 15 is 0 Å². The van der Waals surface area contributed by atoms with Gasteiger partial charge in [-0.15, -0.1) is 0 Å². The molecule has 1 heterocycles. The molecule has 0 aromatic carbocycles. The van der Waals surface area contributed by atoms with Crippen LogP contribution < -0.4 is 4.74 Å². The Hall–Kier alpha value is -1.16. The second-order valence-corrected chi connectivity index (χ2v) is 1.97. The lowest BCUT2D eigenvalue weighted by atomic mass is 10.3. The summed E-state index contributed by atoms with van der Waals surface area (Å²) in [6.45, 7) is -0.263. The zero-order valence-electron chi connectivity index (χ0n) is 6.04. The Balaban J connectivity index is 2.99. The van der Waals surface area contributed by atoms with Gasteiger partial charge in [0.25, 0.3) is 0 Å². The number of rotatable bonds is 2. The summed E-state index contributed by atoms with van der Waals surface area (Å²) >= 11 is 0. The molecular formula is C7H8FNO2. The zero-order chi connectivity index (χ0) is 8.27. The molecule has 0 aliphatic carbocycles. The first kappa shape index (κ1) is 7.94. The lowest BCUT2D eigenvalue weighted by Gasteiger charge is -2.01. The van der Waals surface area contributed by atoms with E-state index in [-0.39, 0.29) is 12.4 Å². The van der Waals surface area contributed by atoms with E-state index < -0.39 is 5.82 Å². The summed E-state index contributed by atoms with van der Waals surface area (Å²) in [5.74, 6) is -0.422. The standard InChI is InChI=1S/C7H8FNO2/c1-11-7-3-9-5(4-10)2-6(7)8/h2-3,10H,4H2,1H3. The van der Waals surface area contributed by atoms with Gasteiger partial charge in [0.1, 0.15) is 0 Å². The highest BCUT2D eigenvalue weighted by atomic mass is 19.1. The van der Waals surface area contributed by atoms with Crippen LogP contribution in [-0.4, -0.2) is 17.2 Å². The lowest BCUT2D eigenvalue weighted by molar-refractivity contribution is 0.275. The van der Waals surface area contributed by atoms with Crippen molar-refractivity contribution in [2.24, 2.45) is 0 Å². The molecule has 11 heavy (non-hydrogen) atoms. The summed E-state index contributed by atoms with van der Waals surface area (Å²) in [7, 11) is 1.36. The van der Waals surface area contributed by atoms with E-state index in [1.165, 1.54) is 13.3 Å². The van der Waals surface area contributed by atoms with Crippen LogP contribution in [0.25, 0.3) is 0 Å². The molecule has 1 N–H and O–H groups in total. The number of aromatic nitrogens is 1. The van der Waals surface area contributed by atoms with Crippen molar-refractivity contribution < 1.29 is 14.2 Å². The van der Waals surface area contributed by atoms with Crippen LogP contribution in [0.15, 0.2) is 12.3 Å². The predicted molar refractivity (Wildman–Crippen MR) is 36.7 cm³/mol. The lowest BCUT2D eigenvalue weighted by Crippen LogP contribution is -1.94. The van der Waals surface area contributed by atoms with Crippen LogP contribution in [-0.2, 0) is 6.61 Å². The molecule has 0 fully saturated rings. The van der Waals surface area contributed by atoms with Gasteiger partial charge in [-0.3, -0.25) is 4.98 Å². The summed E-state index contributed by atoms with van der Waals surface area (Å²) in [5, 5.41) is 8.56. The van der Waals surface area contributed by atoms with Gasteiger partial charge in [0.15, 0.2) is 11.6 Å². The third-order valence-electron chi connectivity index (χ3n) is 1.26. The Morgan fingerprint density at radius 3 is 2.91 bits per heavy atom. The maximum atomic E-state index is 12.8. The first-order valence-electron chi connectivity index (χ1n) is 3.07. The highest BCUT2D eigenvalue weighted by Crippen LogP contribution is 2.14. The van der Waals surface area contributed by atoms with Crippen LogP contribution in [0.2, 0.25) is 0 Å². The van der Waals surface area contributed by atoms with Crippen molar-refractivity contribution in [3.8, 4) is 5.75 Å². The Kier molecular flexibility index (Phi) is 2.38. The minimum atomic E-state index is -0.508. The topological polar surface area (TPSA) is 42.4 Å². The van der Waals surface area contributed by atoms with E-state index in [4.69, 9.17) is 5.11 Å². The number of aliphatic hydroxyl groups excluding tert-OH is 1. The van der Waals surface area contributed by atoms with Gasteiger partial charge in [-0.2, -0.15) is 0 Å². The molecule has 0 spiro atoms. The molecule has 0 aliphatic rings. The van der Waals surface area contributed by atoms with Gasteiger partial charge in [0.05, 0.1) is 25.6 Å². The molecule has 1 aromatic heterocycles. The zero-order valence-corrected chi connectivity index (χ0v) is 6.04. The first-order valence-corrected chi connectivity index (χ1v) is 3.07. The van der Waals surface area contributed by atoms with Crippen LogP contribution >= 0.6 is 0 Å². The Morgan fingerprint density at radius 2 is 2.45 bits per heavy atom. The summed E-state index contributed by atoms with van der Waals surface area (Å²) in [6, 6.07) is 1.14. The van der Waals surface area contributed by atoms with E-state index in [0.29, 0.717) is 5.69 Å². The fraction of sp³-hybridized carbons (Fsp3) is 0.286. The van der Waals surface area contributed by atoms with Gasteiger partial charge in [-0.25, -0.2) is 4.39 Å². The van der Waals surface area contributed by atoms with Crippen molar-refractivity contribution >= 4 is 0 Å². The smallest absolute Gasteiger partial charge is 0.172 e. The maximum Gasteiger partial charge on any atom is 0.172 e. The fourth-order valence-corrected chi connectivity index (χ4v) is 0.695. The van der Waals surface area contributed by atoms with Crippen molar-refractivity contribution in [1.29, 1.82) is 0 Å². The molecule has 0 amide bonds. The molecule has 0 unspecified atom stereocenters. The highest BCUT2D eigenvalue weighted by molar-refractivity contribution is 5.21. The number of pyridine rings is 1. The van der Waals surface area contributed by atoms with Gasteiger partial charge < -0.3 is 9.84 Å². The largest absolute Gasteiger partial charge is 0.492 e. The fourth-order valence-electron chi connectivity index (χ4n) is 0.695. The number of hydrogen-bond acceptors (Lipinski definition) is 3. The van der Waals surface area contributed by atoms with Crippen LogP contribution in [0, 0.1) is 5.82 Å². The minimum absolute atomic E-state index is 0.0854. The molecule has 1 rings (SSSR count). The van der Waals surface area contributed by atoms with Crippen molar-refractivity contribution in [3.05, 3.63) is 23.8 Å². The van der Waals surface area contributed by atoms with Crippen LogP contribution in [0.3, 0.4) is 0 Å². The molecular weight excluding hydrogens is 149 g/mol. The van der Waals surface area contributed by atoms with Gasteiger partial charge in [0, 0.05) is 6.07 Å². The van der Waals surface area contributed by atoms with Gasteiger partial charge in [-0.1, -0.05) is 0 Å². The summed E-state index contributed by atoms with van der Waals surface area (Å²) < 4.78 is 17.4. The molecule has 0 aliphatic heterocycles. The summed E-state index contributed by atoms with van der Waals surface area (Å²) in [5.41, 5.74) is 0.295. The van der Waals surface area contributed by atoms with Gasteiger partial charge in [0.2, 0.25) is 0 Å². The Morgan fingerprint density at radius 1 is 1.73 bits per heavy atom. The van der Waals surface area contributed by atoms with Gasteiger partial charge >= 0.3 is 0 Å². The number of ether oxygens (including phenoxy) is 1. The quantitative estimate of drug-likeness (QED) is 0.687. The number of aliphatic hydroxyl groups is 1. The van der Waals surface area contributed by atoms with Crippen molar-refractivity contribution in [2.45, 2.75) is 6.61 Å². The molecule has 3 nitrogen and oxygen atoms in total. The number of hydrogen-bond donors (Lipinski definition) is 1. The second kappa shape index (κ2) is 3.30. The van der Waals surface area contributed by atoms with Crippen molar-refractivity contribution in [1.82, 2.24) is 4.98 Å².